The molecule has 1 fully saturated rings. The quantitative estimate of drug-likeness (QED) is 0.635. The van der Waals surface area contributed by atoms with Crippen LogP contribution >= 0.6 is 0 Å². The molecule has 0 spiro atoms. The first-order chi connectivity index (χ1) is 6.24. The second-order valence-corrected chi connectivity index (χ2v) is 4.79. The molecular formula is C12H24O. The molecule has 0 N–H and O–H groups in total. The Morgan fingerprint density at radius 2 is 1.92 bits per heavy atom. The van der Waals surface area contributed by atoms with E-state index < -0.39 is 0 Å². The van der Waals surface area contributed by atoms with Crippen molar-refractivity contribution >= 4 is 0 Å². The number of hydrogen-bond acceptors (Lipinski definition) is 1. The Kier molecular flexibility index (Phi) is 4.79. The van der Waals surface area contributed by atoms with Crippen LogP contribution in [0.4, 0.5) is 0 Å². The van der Waals surface area contributed by atoms with Crippen LogP contribution in [0, 0.1) is 17.8 Å². The molecule has 1 aliphatic heterocycles. The highest BCUT2D eigenvalue weighted by Crippen LogP contribution is 2.28. The standard InChI is InChI=1S/C12H24O/c1-4-11-8-13-9-12(11)7-5-6-10(2)3/h10-12H,4-9H2,1-3H3. The second-order valence-electron chi connectivity index (χ2n) is 4.79. The van der Waals surface area contributed by atoms with Crippen LogP contribution in [0.1, 0.15) is 46.5 Å². The first kappa shape index (κ1) is 11.0. The van der Waals surface area contributed by atoms with Crippen LogP contribution in [0.3, 0.4) is 0 Å². The molecule has 2 unspecified atom stereocenters. The highest BCUT2D eigenvalue weighted by molar-refractivity contribution is 4.74. The Hall–Kier alpha value is -0.0400. The van der Waals surface area contributed by atoms with E-state index in [0.717, 1.165) is 31.0 Å². The Labute approximate surface area is 82.9 Å². The summed E-state index contributed by atoms with van der Waals surface area (Å²) in [7, 11) is 0. The van der Waals surface area contributed by atoms with Crippen molar-refractivity contribution in [1.82, 2.24) is 0 Å². The zero-order chi connectivity index (χ0) is 9.68. The van der Waals surface area contributed by atoms with Crippen molar-refractivity contribution in [3.8, 4) is 0 Å². The maximum Gasteiger partial charge on any atom is 0.0497 e. The van der Waals surface area contributed by atoms with Gasteiger partial charge in [-0.1, -0.05) is 40.0 Å². The van der Waals surface area contributed by atoms with Crippen molar-refractivity contribution in [1.29, 1.82) is 0 Å². The van der Waals surface area contributed by atoms with Gasteiger partial charge in [-0.25, -0.2) is 0 Å². The van der Waals surface area contributed by atoms with Crippen LogP contribution in [-0.2, 0) is 4.74 Å². The molecule has 0 saturated carbocycles. The molecule has 0 aromatic rings. The van der Waals surface area contributed by atoms with E-state index in [1.807, 2.05) is 0 Å². The molecule has 0 bridgehead atoms. The lowest BCUT2D eigenvalue weighted by Gasteiger charge is -2.15. The predicted molar refractivity (Wildman–Crippen MR) is 56.8 cm³/mol. The van der Waals surface area contributed by atoms with Crippen LogP contribution < -0.4 is 0 Å². The Bertz CT molecular complexity index is 131. The van der Waals surface area contributed by atoms with E-state index in [9.17, 15) is 0 Å². The Morgan fingerprint density at radius 1 is 1.23 bits per heavy atom. The van der Waals surface area contributed by atoms with Gasteiger partial charge in [0.2, 0.25) is 0 Å². The average molecular weight is 184 g/mol. The topological polar surface area (TPSA) is 9.23 Å². The largest absolute Gasteiger partial charge is 0.381 e. The fraction of sp³-hybridized carbons (Fsp3) is 1.00. The summed E-state index contributed by atoms with van der Waals surface area (Å²) < 4.78 is 5.52. The van der Waals surface area contributed by atoms with E-state index in [1.54, 1.807) is 0 Å². The SMILES string of the molecule is CCC1COCC1CCCC(C)C. The second kappa shape index (κ2) is 5.64. The molecule has 1 aliphatic rings. The molecule has 1 nitrogen and oxygen atoms in total. The fourth-order valence-electron chi connectivity index (χ4n) is 2.20. The van der Waals surface area contributed by atoms with Gasteiger partial charge in [0.25, 0.3) is 0 Å². The van der Waals surface area contributed by atoms with Gasteiger partial charge in [0.15, 0.2) is 0 Å². The molecule has 0 aromatic carbocycles. The van der Waals surface area contributed by atoms with Crippen molar-refractivity contribution in [2.24, 2.45) is 17.8 Å². The third kappa shape index (κ3) is 3.68. The van der Waals surface area contributed by atoms with Gasteiger partial charge in [-0.2, -0.15) is 0 Å². The lowest BCUT2D eigenvalue weighted by atomic mass is 9.88. The lowest BCUT2D eigenvalue weighted by molar-refractivity contribution is 0.178. The van der Waals surface area contributed by atoms with E-state index in [2.05, 4.69) is 20.8 Å². The smallest absolute Gasteiger partial charge is 0.0497 e. The van der Waals surface area contributed by atoms with E-state index in [0.29, 0.717) is 0 Å². The Morgan fingerprint density at radius 3 is 2.54 bits per heavy atom. The number of hydrogen-bond donors (Lipinski definition) is 0. The van der Waals surface area contributed by atoms with E-state index in [4.69, 9.17) is 4.74 Å². The van der Waals surface area contributed by atoms with Gasteiger partial charge in [-0.05, 0) is 24.2 Å². The molecule has 0 amide bonds. The lowest BCUT2D eigenvalue weighted by Crippen LogP contribution is -2.11. The fourth-order valence-corrected chi connectivity index (χ4v) is 2.20. The summed E-state index contributed by atoms with van der Waals surface area (Å²) in [5.74, 6) is 2.58. The van der Waals surface area contributed by atoms with Gasteiger partial charge >= 0.3 is 0 Å². The van der Waals surface area contributed by atoms with Gasteiger partial charge in [0, 0.05) is 13.2 Å². The minimum atomic E-state index is 0.854. The van der Waals surface area contributed by atoms with Crippen LogP contribution in [0.25, 0.3) is 0 Å². The summed E-state index contributed by atoms with van der Waals surface area (Å²) in [6.07, 6.45) is 5.46. The van der Waals surface area contributed by atoms with Crippen LogP contribution in [0.5, 0.6) is 0 Å². The highest BCUT2D eigenvalue weighted by atomic mass is 16.5. The minimum absolute atomic E-state index is 0.854. The Balaban J connectivity index is 2.13. The van der Waals surface area contributed by atoms with Crippen molar-refractivity contribution in [3.05, 3.63) is 0 Å². The molecule has 0 aromatic heterocycles. The zero-order valence-corrected chi connectivity index (χ0v) is 9.38. The van der Waals surface area contributed by atoms with Gasteiger partial charge in [0.1, 0.15) is 0 Å². The van der Waals surface area contributed by atoms with Gasteiger partial charge < -0.3 is 4.74 Å². The molecule has 1 rings (SSSR count). The van der Waals surface area contributed by atoms with E-state index in [-0.39, 0.29) is 0 Å². The van der Waals surface area contributed by atoms with Crippen molar-refractivity contribution < 1.29 is 4.74 Å². The molecule has 0 radical (unpaired) electrons. The maximum absolute atomic E-state index is 5.52. The minimum Gasteiger partial charge on any atom is -0.381 e. The average Bonchev–Trinajstić information content (AvgIpc) is 2.51. The summed E-state index contributed by atoms with van der Waals surface area (Å²) in [5, 5.41) is 0. The van der Waals surface area contributed by atoms with Crippen molar-refractivity contribution in [2.75, 3.05) is 13.2 Å². The van der Waals surface area contributed by atoms with Crippen LogP contribution in [-0.4, -0.2) is 13.2 Å². The van der Waals surface area contributed by atoms with Gasteiger partial charge in [-0.15, -0.1) is 0 Å². The molecule has 78 valence electrons. The van der Waals surface area contributed by atoms with Crippen molar-refractivity contribution in [2.45, 2.75) is 46.5 Å². The molecule has 13 heavy (non-hydrogen) atoms. The third-order valence-electron chi connectivity index (χ3n) is 3.21. The van der Waals surface area contributed by atoms with E-state index >= 15 is 0 Å². The number of rotatable bonds is 5. The molecule has 1 heterocycles. The molecular weight excluding hydrogens is 160 g/mol. The normalized spacial score (nSPS) is 28.6. The maximum atomic E-state index is 5.52. The molecule has 0 aliphatic carbocycles. The molecule has 1 heteroatoms. The van der Waals surface area contributed by atoms with Crippen LogP contribution in [0.2, 0.25) is 0 Å². The van der Waals surface area contributed by atoms with Crippen molar-refractivity contribution in [3.63, 3.8) is 0 Å². The van der Waals surface area contributed by atoms with Crippen LogP contribution in [0.15, 0.2) is 0 Å². The molecule has 1 saturated heterocycles. The highest BCUT2D eigenvalue weighted by Gasteiger charge is 2.25. The summed E-state index contributed by atoms with van der Waals surface area (Å²) in [5.41, 5.74) is 0. The monoisotopic (exact) mass is 184 g/mol. The summed E-state index contributed by atoms with van der Waals surface area (Å²) in [6.45, 7) is 8.94. The number of ether oxygens (including phenoxy) is 1. The predicted octanol–water partition coefficient (Wildman–Crippen LogP) is 3.49. The van der Waals surface area contributed by atoms with E-state index in [1.165, 1.54) is 25.7 Å². The van der Waals surface area contributed by atoms with Gasteiger partial charge in [-0.3, -0.25) is 0 Å². The molecule has 2 atom stereocenters. The summed E-state index contributed by atoms with van der Waals surface area (Å²) in [6, 6.07) is 0. The third-order valence-corrected chi connectivity index (χ3v) is 3.21. The first-order valence-corrected chi connectivity index (χ1v) is 5.81. The van der Waals surface area contributed by atoms with Gasteiger partial charge in [0.05, 0.1) is 0 Å². The first-order valence-electron chi connectivity index (χ1n) is 5.81. The summed E-state index contributed by atoms with van der Waals surface area (Å²) in [4.78, 5) is 0. The zero-order valence-electron chi connectivity index (χ0n) is 9.38. The summed E-state index contributed by atoms with van der Waals surface area (Å²) >= 11 is 0.